The van der Waals surface area contributed by atoms with Gasteiger partial charge in [0.05, 0.1) is 11.3 Å². The highest BCUT2D eigenvalue weighted by atomic mass is 16.2. The Morgan fingerprint density at radius 2 is 2.26 bits per heavy atom. The van der Waals surface area contributed by atoms with Crippen LogP contribution >= 0.6 is 0 Å². The fourth-order valence-electron chi connectivity index (χ4n) is 2.99. The quantitative estimate of drug-likeness (QED) is 0.935. The van der Waals surface area contributed by atoms with Crippen LogP contribution < -0.4 is 5.32 Å². The topological polar surface area (TPSA) is 71.0 Å². The van der Waals surface area contributed by atoms with Gasteiger partial charge in [-0.15, -0.1) is 5.10 Å². The highest BCUT2D eigenvalue weighted by Gasteiger charge is 2.25. The normalized spacial score (nSPS) is 17.8. The van der Waals surface area contributed by atoms with Crippen molar-refractivity contribution >= 4 is 11.7 Å². The minimum atomic E-state index is 0.0689. The van der Waals surface area contributed by atoms with Gasteiger partial charge in [-0.3, -0.25) is 9.78 Å². The van der Waals surface area contributed by atoms with Crippen LogP contribution in [-0.2, 0) is 6.42 Å². The van der Waals surface area contributed by atoms with Crippen LogP contribution in [0.25, 0.3) is 0 Å². The van der Waals surface area contributed by atoms with Crippen molar-refractivity contribution in [3.63, 3.8) is 0 Å². The molecule has 0 saturated carbocycles. The first-order valence-electron chi connectivity index (χ1n) is 7.96. The van der Waals surface area contributed by atoms with Crippen LogP contribution in [0.15, 0.2) is 36.7 Å². The summed E-state index contributed by atoms with van der Waals surface area (Å²) in [6.45, 7) is 1.58. The van der Waals surface area contributed by atoms with E-state index in [0.717, 1.165) is 43.9 Å². The van der Waals surface area contributed by atoms with Crippen molar-refractivity contribution in [1.29, 1.82) is 0 Å². The zero-order chi connectivity index (χ0) is 16.1. The molecule has 3 heterocycles. The molecule has 0 aromatic carbocycles. The van der Waals surface area contributed by atoms with Crippen LogP contribution in [0.5, 0.6) is 0 Å². The summed E-state index contributed by atoms with van der Waals surface area (Å²) in [5.74, 6) is 1.27. The summed E-state index contributed by atoms with van der Waals surface area (Å²) in [5, 5.41) is 11.3. The number of rotatable bonds is 4. The van der Waals surface area contributed by atoms with E-state index in [1.807, 2.05) is 30.1 Å². The Hall–Kier alpha value is -2.50. The number of anilines is 1. The van der Waals surface area contributed by atoms with E-state index in [1.165, 1.54) is 0 Å². The van der Waals surface area contributed by atoms with Crippen LogP contribution in [0.3, 0.4) is 0 Å². The Morgan fingerprint density at radius 3 is 2.96 bits per heavy atom. The minimum Gasteiger partial charge on any atom is -0.372 e. The molecule has 1 unspecified atom stereocenters. The zero-order valence-corrected chi connectivity index (χ0v) is 13.3. The van der Waals surface area contributed by atoms with Crippen molar-refractivity contribution in [3.8, 4) is 0 Å². The van der Waals surface area contributed by atoms with Gasteiger partial charge in [-0.25, -0.2) is 0 Å². The van der Waals surface area contributed by atoms with Gasteiger partial charge < -0.3 is 10.2 Å². The van der Waals surface area contributed by atoms with E-state index in [1.54, 1.807) is 18.5 Å². The number of likely N-dealkylation sites (tertiary alicyclic amines) is 1. The molecule has 0 aliphatic carbocycles. The maximum Gasteiger partial charge on any atom is 0.255 e. The van der Waals surface area contributed by atoms with Crippen molar-refractivity contribution in [2.45, 2.75) is 19.3 Å². The van der Waals surface area contributed by atoms with Gasteiger partial charge in [0.15, 0.2) is 0 Å². The molecule has 1 amide bonds. The summed E-state index contributed by atoms with van der Waals surface area (Å²) in [4.78, 5) is 18.5. The Morgan fingerprint density at radius 1 is 1.35 bits per heavy atom. The van der Waals surface area contributed by atoms with Gasteiger partial charge in [-0.2, -0.15) is 5.10 Å². The average Bonchev–Trinajstić information content (AvgIpc) is 2.63. The molecule has 1 fully saturated rings. The Bertz CT molecular complexity index is 644. The lowest BCUT2D eigenvalue weighted by Crippen LogP contribution is -2.40. The molecule has 0 bridgehead atoms. The second-order valence-corrected chi connectivity index (χ2v) is 5.87. The third-order valence-electron chi connectivity index (χ3n) is 4.19. The van der Waals surface area contributed by atoms with Gasteiger partial charge in [-0.1, -0.05) is 0 Å². The van der Waals surface area contributed by atoms with Gasteiger partial charge in [0, 0.05) is 32.5 Å². The number of piperidine rings is 1. The van der Waals surface area contributed by atoms with Crippen LogP contribution in [0.4, 0.5) is 5.82 Å². The highest BCUT2D eigenvalue weighted by Crippen LogP contribution is 2.21. The van der Waals surface area contributed by atoms with Crippen molar-refractivity contribution < 1.29 is 4.79 Å². The molecule has 0 spiro atoms. The number of nitrogens with zero attached hydrogens (tertiary/aromatic N) is 4. The number of aromatic nitrogens is 3. The van der Waals surface area contributed by atoms with Crippen molar-refractivity contribution in [1.82, 2.24) is 20.1 Å². The second kappa shape index (κ2) is 7.17. The number of hydrogen-bond acceptors (Lipinski definition) is 5. The average molecular weight is 311 g/mol. The number of carbonyl (C=O) groups excluding carboxylic acids is 1. The monoisotopic (exact) mass is 311 g/mol. The van der Waals surface area contributed by atoms with E-state index in [4.69, 9.17) is 0 Å². The van der Waals surface area contributed by atoms with E-state index in [9.17, 15) is 4.79 Å². The molecule has 6 nitrogen and oxygen atoms in total. The molecular weight excluding hydrogens is 290 g/mol. The molecule has 1 N–H and O–H groups in total. The van der Waals surface area contributed by atoms with E-state index in [0.29, 0.717) is 11.5 Å². The van der Waals surface area contributed by atoms with Crippen molar-refractivity contribution in [2.24, 2.45) is 5.92 Å². The van der Waals surface area contributed by atoms with E-state index < -0.39 is 0 Å². The molecule has 1 aliphatic rings. The smallest absolute Gasteiger partial charge is 0.255 e. The molecule has 6 heteroatoms. The lowest BCUT2D eigenvalue weighted by Gasteiger charge is -2.32. The molecule has 1 atom stereocenters. The fourth-order valence-corrected chi connectivity index (χ4v) is 2.99. The van der Waals surface area contributed by atoms with E-state index in [2.05, 4.69) is 20.5 Å². The summed E-state index contributed by atoms with van der Waals surface area (Å²) in [5.41, 5.74) is 1.64. The standard InChI is InChI=1S/C17H21N5O/c1-18-16-7-6-15(20-21-16)10-13-4-3-9-22(12-13)17(23)14-5-2-8-19-11-14/h2,5-8,11,13H,3-4,9-10,12H2,1H3,(H,18,21). The van der Waals surface area contributed by atoms with Gasteiger partial charge in [-0.05, 0) is 49.4 Å². The molecule has 3 rings (SSSR count). The highest BCUT2D eigenvalue weighted by molar-refractivity contribution is 5.93. The summed E-state index contributed by atoms with van der Waals surface area (Å²) < 4.78 is 0. The second-order valence-electron chi connectivity index (χ2n) is 5.87. The Labute approximate surface area is 136 Å². The molecule has 23 heavy (non-hydrogen) atoms. The first-order chi connectivity index (χ1) is 11.3. The third kappa shape index (κ3) is 3.83. The first kappa shape index (κ1) is 15.4. The number of pyridine rings is 1. The minimum absolute atomic E-state index is 0.0689. The summed E-state index contributed by atoms with van der Waals surface area (Å²) >= 11 is 0. The number of hydrogen-bond donors (Lipinski definition) is 1. The van der Waals surface area contributed by atoms with Crippen LogP contribution in [-0.4, -0.2) is 46.1 Å². The van der Waals surface area contributed by atoms with Crippen LogP contribution in [0, 0.1) is 5.92 Å². The largest absolute Gasteiger partial charge is 0.372 e. The summed E-state index contributed by atoms with van der Waals surface area (Å²) in [6, 6.07) is 7.55. The van der Waals surface area contributed by atoms with Crippen molar-refractivity contribution in [3.05, 3.63) is 47.9 Å². The Kier molecular flexibility index (Phi) is 4.80. The van der Waals surface area contributed by atoms with Crippen LogP contribution in [0.1, 0.15) is 28.9 Å². The zero-order valence-electron chi connectivity index (χ0n) is 13.3. The van der Waals surface area contributed by atoms with Crippen LogP contribution in [0.2, 0.25) is 0 Å². The molecule has 1 aliphatic heterocycles. The number of amides is 1. The van der Waals surface area contributed by atoms with Gasteiger partial charge in [0.1, 0.15) is 5.82 Å². The SMILES string of the molecule is CNc1ccc(CC2CCCN(C(=O)c3cccnc3)C2)nn1. The van der Waals surface area contributed by atoms with Gasteiger partial charge in [0.25, 0.3) is 5.91 Å². The Balaban J connectivity index is 1.62. The molecule has 120 valence electrons. The fraction of sp³-hybridized carbons (Fsp3) is 0.412. The summed E-state index contributed by atoms with van der Waals surface area (Å²) in [6.07, 6.45) is 6.32. The third-order valence-corrected chi connectivity index (χ3v) is 4.19. The lowest BCUT2D eigenvalue weighted by molar-refractivity contribution is 0.0672. The van der Waals surface area contributed by atoms with Gasteiger partial charge >= 0.3 is 0 Å². The predicted octanol–water partition coefficient (Wildman–Crippen LogP) is 2.01. The molecule has 2 aromatic heterocycles. The summed E-state index contributed by atoms with van der Waals surface area (Å²) in [7, 11) is 1.83. The van der Waals surface area contributed by atoms with Crippen molar-refractivity contribution in [2.75, 3.05) is 25.5 Å². The molecule has 2 aromatic rings. The maximum absolute atomic E-state index is 12.5. The molecule has 1 saturated heterocycles. The molecular formula is C17H21N5O. The maximum atomic E-state index is 12.5. The van der Waals surface area contributed by atoms with E-state index in [-0.39, 0.29) is 5.91 Å². The van der Waals surface area contributed by atoms with E-state index >= 15 is 0 Å². The number of nitrogens with one attached hydrogen (secondary N) is 1. The predicted molar refractivity (Wildman–Crippen MR) is 88.1 cm³/mol. The first-order valence-corrected chi connectivity index (χ1v) is 7.96. The number of carbonyl (C=O) groups is 1. The molecule has 0 radical (unpaired) electrons. The van der Waals surface area contributed by atoms with Gasteiger partial charge in [0.2, 0.25) is 0 Å². The lowest BCUT2D eigenvalue weighted by atomic mass is 9.93.